The summed E-state index contributed by atoms with van der Waals surface area (Å²) in [4.78, 5) is 0. The van der Waals surface area contributed by atoms with Crippen molar-refractivity contribution in [3.8, 4) is 0 Å². The third-order valence-electron chi connectivity index (χ3n) is 0.957. The van der Waals surface area contributed by atoms with Gasteiger partial charge in [-0.2, -0.15) is 0 Å². The Balaban J connectivity index is 2.34. The second kappa shape index (κ2) is 8.27. The van der Waals surface area contributed by atoms with Crippen LogP contribution >= 0.6 is 0 Å². The fourth-order valence-electron chi connectivity index (χ4n) is 0.500. The van der Waals surface area contributed by atoms with Gasteiger partial charge >= 0.3 is 112 Å². The fraction of sp³-hybridized carbons (Fsp3) is 1.00. The average Bonchev–Trinajstić information content (AvgIpc) is 1.61. The van der Waals surface area contributed by atoms with Gasteiger partial charge in [0.15, 0.2) is 0 Å². The first-order chi connectivity index (χ1) is 2.91. The van der Waals surface area contributed by atoms with Crippen LogP contribution in [0.1, 0.15) is 12.8 Å². The maximum absolute atomic E-state index is 1.57. The maximum atomic E-state index is 1.57. The van der Waals surface area contributed by atoms with Crippen LogP contribution in [0.3, 0.4) is 0 Å². The molecule has 0 heterocycles. The van der Waals surface area contributed by atoms with Crippen molar-refractivity contribution in [2.75, 3.05) is 0 Å². The summed E-state index contributed by atoms with van der Waals surface area (Å²) in [6.07, 6.45) is 3.09. The molecule has 0 nitrogen and oxygen atoms in total. The normalized spacial score (nSPS) is 9.33. The minimum atomic E-state index is 1.13. The van der Waals surface area contributed by atoms with Crippen molar-refractivity contribution >= 4 is 97.9 Å². The predicted molar refractivity (Wildman–Crippen MR) is 30.4 cm³/mol. The molecule has 0 aromatic heterocycles. The molecule has 2 heteroatoms. The molecular formula is C4H8K2. The van der Waals surface area contributed by atoms with Crippen LogP contribution in [0, 0.1) is 0 Å². The van der Waals surface area contributed by atoms with Crippen LogP contribution in [0.4, 0.5) is 0 Å². The van der Waals surface area contributed by atoms with E-state index in [9.17, 15) is 0 Å². The topological polar surface area (TPSA) is 0 Å². The minimum absolute atomic E-state index is 1.13. The average molecular weight is 134 g/mol. The molecule has 6 heavy (non-hydrogen) atoms. The van der Waals surface area contributed by atoms with Gasteiger partial charge in [-0.25, -0.2) is 0 Å². The van der Waals surface area contributed by atoms with E-state index in [0.717, 1.165) is 97.9 Å². The molecule has 0 saturated heterocycles. The summed E-state index contributed by atoms with van der Waals surface area (Å²) in [6.45, 7) is 0. The fourth-order valence-corrected chi connectivity index (χ4v) is 2.06. The van der Waals surface area contributed by atoms with Gasteiger partial charge in [-0.1, -0.05) is 0 Å². The van der Waals surface area contributed by atoms with Crippen LogP contribution in [0.15, 0.2) is 0 Å². The number of hydrogen-bond donors (Lipinski definition) is 0. The molecule has 0 aliphatic carbocycles. The third-order valence-corrected chi connectivity index (χ3v) is 3.17. The van der Waals surface area contributed by atoms with Crippen LogP contribution in [0.25, 0.3) is 0 Å². The van der Waals surface area contributed by atoms with E-state index in [1.807, 2.05) is 0 Å². The molecule has 0 saturated carbocycles. The summed E-state index contributed by atoms with van der Waals surface area (Å²) in [7, 11) is 0. The Kier molecular flexibility index (Phi) is 12.8. The quantitative estimate of drug-likeness (QED) is 0.398. The first-order valence-corrected chi connectivity index (χ1v) is 7.33. The number of unbranched alkanes of at least 4 members (excludes halogenated alkanes) is 1. The summed E-state index contributed by atoms with van der Waals surface area (Å²) in [5.41, 5.74) is 0. The van der Waals surface area contributed by atoms with Crippen LogP contribution < -0.4 is 0 Å². The number of rotatable bonds is 3. The van der Waals surface area contributed by atoms with E-state index in [1.165, 1.54) is 0 Å². The Labute approximate surface area is 108 Å². The molecule has 0 aliphatic heterocycles. The van der Waals surface area contributed by atoms with E-state index in [2.05, 4.69) is 0 Å². The summed E-state index contributed by atoms with van der Waals surface area (Å²) in [6, 6.07) is 0. The molecule has 0 spiro atoms. The van der Waals surface area contributed by atoms with E-state index in [4.69, 9.17) is 0 Å². The monoisotopic (exact) mass is 134 g/mol. The molecule has 0 amide bonds. The van der Waals surface area contributed by atoms with E-state index in [0.29, 0.717) is 0 Å². The molecule has 0 aromatic carbocycles. The molecule has 26 valence electrons. The van der Waals surface area contributed by atoms with Gasteiger partial charge in [0.2, 0.25) is 0 Å². The van der Waals surface area contributed by atoms with Gasteiger partial charge in [0.1, 0.15) is 0 Å². The van der Waals surface area contributed by atoms with Gasteiger partial charge in [0.05, 0.1) is 0 Å². The Hall–Kier alpha value is 3.27. The zero-order chi connectivity index (χ0) is 4.83. The van der Waals surface area contributed by atoms with Crippen LogP contribution in [-0.4, -0.2) is 97.9 Å². The SMILES string of the molecule is [K][CH2]CC[CH2][K]. The van der Waals surface area contributed by atoms with Crippen molar-refractivity contribution in [2.24, 2.45) is 0 Å². The first-order valence-electron chi connectivity index (χ1n) is 2.91. The standard InChI is InChI=1S/C4H8.2K/c1-3-4-2;;/h1-4H2;;. The molecule has 0 N–H and O–H groups in total. The zero-order valence-corrected chi connectivity index (χ0v) is 11.1. The Morgan fingerprint density at radius 2 is 1.17 bits per heavy atom. The predicted octanol–water partition coefficient (Wildman–Crippen LogP) is 0.940. The summed E-state index contributed by atoms with van der Waals surface area (Å²) >= 11 is 2.27. The Bertz CT molecular complexity index is 17.5. The van der Waals surface area contributed by atoms with Crippen molar-refractivity contribution in [1.29, 1.82) is 0 Å². The Morgan fingerprint density at radius 1 is 0.833 bits per heavy atom. The van der Waals surface area contributed by atoms with Gasteiger partial charge in [0, 0.05) is 0 Å². The van der Waals surface area contributed by atoms with Gasteiger partial charge in [0.25, 0.3) is 0 Å². The van der Waals surface area contributed by atoms with Crippen molar-refractivity contribution < 1.29 is 0 Å². The molecule has 0 fully saturated rings. The zero-order valence-electron chi connectivity index (χ0n) is 4.83. The second-order valence-electron chi connectivity index (χ2n) is 1.71. The molecule has 0 atom stereocenters. The molecule has 0 aliphatic rings. The number of hydrogen-bond acceptors (Lipinski definition) is 0. The van der Waals surface area contributed by atoms with Crippen LogP contribution in [-0.2, 0) is 0 Å². The molecule has 0 rings (SSSR count). The molecule has 0 unspecified atom stereocenters. The molecule has 0 aromatic rings. The molecule has 0 radical (unpaired) electrons. The van der Waals surface area contributed by atoms with Gasteiger partial charge < -0.3 is 0 Å². The third kappa shape index (κ3) is 7.27. The molecular weight excluding hydrogens is 126 g/mol. The first kappa shape index (κ1) is 9.27. The summed E-state index contributed by atoms with van der Waals surface area (Å²) < 4.78 is 3.14. The summed E-state index contributed by atoms with van der Waals surface area (Å²) in [5.74, 6) is 0. The van der Waals surface area contributed by atoms with E-state index in [1.54, 1.807) is 13.9 Å². The Morgan fingerprint density at radius 3 is 1.33 bits per heavy atom. The van der Waals surface area contributed by atoms with Crippen molar-refractivity contribution in [1.82, 2.24) is 0 Å². The van der Waals surface area contributed by atoms with Crippen molar-refractivity contribution in [3.05, 3.63) is 0 Å². The van der Waals surface area contributed by atoms with E-state index >= 15 is 0 Å². The van der Waals surface area contributed by atoms with Crippen molar-refractivity contribution in [3.63, 3.8) is 0 Å². The van der Waals surface area contributed by atoms with Gasteiger partial charge in [-0.05, 0) is 0 Å². The van der Waals surface area contributed by atoms with Gasteiger partial charge in [-0.3, -0.25) is 0 Å². The molecule has 0 bridgehead atoms. The summed E-state index contributed by atoms with van der Waals surface area (Å²) in [5, 5.41) is 0. The van der Waals surface area contributed by atoms with E-state index in [-0.39, 0.29) is 0 Å². The van der Waals surface area contributed by atoms with Crippen LogP contribution in [0.2, 0.25) is 1.03 Å². The van der Waals surface area contributed by atoms with Crippen LogP contribution in [0.5, 0.6) is 0 Å². The van der Waals surface area contributed by atoms with E-state index < -0.39 is 0 Å². The van der Waals surface area contributed by atoms with Gasteiger partial charge in [-0.15, -0.1) is 0 Å². The second-order valence-corrected chi connectivity index (χ2v) is 4.83. The van der Waals surface area contributed by atoms with Crippen molar-refractivity contribution in [2.45, 2.75) is 13.9 Å².